The summed E-state index contributed by atoms with van der Waals surface area (Å²) < 4.78 is 0.938. The molecule has 0 unspecified atom stereocenters. The molecule has 1 atom stereocenters. The van der Waals surface area contributed by atoms with E-state index in [4.69, 9.17) is 5.73 Å². The third-order valence-electron chi connectivity index (χ3n) is 2.23. The van der Waals surface area contributed by atoms with E-state index in [-0.39, 0.29) is 5.91 Å². The number of amides is 1. The van der Waals surface area contributed by atoms with Crippen molar-refractivity contribution in [1.29, 1.82) is 0 Å². The molecular formula is C11H15BrN2O. The number of carbonyl (C=O) groups excluding carboxylic acids is 1. The highest BCUT2D eigenvalue weighted by Crippen LogP contribution is 2.20. The van der Waals surface area contributed by atoms with Gasteiger partial charge in [0.05, 0.1) is 6.04 Å². The summed E-state index contributed by atoms with van der Waals surface area (Å²) in [6.07, 6.45) is 0.638. The van der Waals surface area contributed by atoms with Crippen LogP contribution in [0.15, 0.2) is 22.7 Å². The Morgan fingerprint density at radius 3 is 2.87 bits per heavy atom. The van der Waals surface area contributed by atoms with Gasteiger partial charge in [0.25, 0.3) is 0 Å². The quantitative estimate of drug-likeness (QED) is 0.887. The Hall–Kier alpha value is -0.870. The molecule has 0 saturated carbocycles. The van der Waals surface area contributed by atoms with Crippen LogP contribution in [0, 0.1) is 6.92 Å². The maximum atomic E-state index is 11.6. The first kappa shape index (κ1) is 12.2. The largest absolute Gasteiger partial charge is 0.324 e. The predicted molar refractivity (Wildman–Crippen MR) is 65.8 cm³/mol. The fourth-order valence-corrected chi connectivity index (χ4v) is 1.50. The van der Waals surface area contributed by atoms with Crippen molar-refractivity contribution in [3.63, 3.8) is 0 Å². The maximum absolute atomic E-state index is 11.6. The molecule has 4 heteroatoms. The van der Waals surface area contributed by atoms with E-state index in [2.05, 4.69) is 21.2 Å². The van der Waals surface area contributed by atoms with Crippen LogP contribution in [0.5, 0.6) is 0 Å². The van der Waals surface area contributed by atoms with E-state index in [0.717, 1.165) is 15.7 Å². The van der Waals surface area contributed by atoms with Crippen LogP contribution >= 0.6 is 15.9 Å². The van der Waals surface area contributed by atoms with Gasteiger partial charge in [0.1, 0.15) is 0 Å². The smallest absolute Gasteiger partial charge is 0.241 e. The van der Waals surface area contributed by atoms with Crippen molar-refractivity contribution in [3.05, 3.63) is 28.2 Å². The second-order valence-electron chi connectivity index (χ2n) is 3.46. The number of nitrogens with one attached hydrogen (secondary N) is 1. The first-order valence-electron chi connectivity index (χ1n) is 4.87. The van der Waals surface area contributed by atoms with Crippen molar-refractivity contribution in [2.24, 2.45) is 5.73 Å². The molecule has 0 aliphatic carbocycles. The Morgan fingerprint density at radius 2 is 2.27 bits per heavy atom. The third kappa shape index (κ3) is 3.32. The first-order valence-corrected chi connectivity index (χ1v) is 5.66. The fraction of sp³-hybridized carbons (Fsp3) is 0.364. The SMILES string of the molecule is CC[C@H](N)C(=O)Nc1cc(Br)ccc1C. The van der Waals surface area contributed by atoms with Crippen molar-refractivity contribution in [3.8, 4) is 0 Å². The average Bonchev–Trinajstić information content (AvgIpc) is 2.22. The minimum absolute atomic E-state index is 0.140. The normalized spacial score (nSPS) is 12.3. The van der Waals surface area contributed by atoms with Crippen LogP contribution in [-0.4, -0.2) is 11.9 Å². The molecule has 1 rings (SSSR count). The molecule has 0 spiro atoms. The molecule has 3 N–H and O–H groups in total. The van der Waals surface area contributed by atoms with Gasteiger partial charge in [0.2, 0.25) is 5.91 Å². The van der Waals surface area contributed by atoms with E-state index in [1.54, 1.807) is 0 Å². The van der Waals surface area contributed by atoms with Crippen molar-refractivity contribution in [2.45, 2.75) is 26.3 Å². The molecule has 0 fully saturated rings. The zero-order chi connectivity index (χ0) is 11.4. The zero-order valence-corrected chi connectivity index (χ0v) is 10.5. The molecule has 0 aromatic heterocycles. The minimum Gasteiger partial charge on any atom is -0.324 e. The van der Waals surface area contributed by atoms with Crippen molar-refractivity contribution in [2.75, 3.05) is 5.32 Å². The van der Waals surface area contributed by atoms with Crippen LogP contribution in [0.4, 0.5) is 5.69 Å². The van der Waals surface area contributed by atoms with Crippen LogP contribution < -0.4 is 11.1 Å². The van der Waals surface area contributed by atoms with E-state index in [0.29, 0.717) is 6.42 Å². The second-order valence-corrected chi connectivity index (χ2v) is 4.38. The summed E-state index contributed by atoms with van der Waals surface area (Å²) in [5.41, 5.74) is 7.46. The molecule has 0 radical (unpaired) electrons. The molecule has 15 heavy (non-hydrogen) atoms. The standard InChI is InChI=1S/C11H15BrN2O/c1-3-9(13)11(15)14-10-6-8(12)5-4-7(10)2/h4-6,9H,3,13H2,1-2H3,(H,14,15)/t9-/m0/s1. The predicted octanol–water partition coefficient (Wildman–Crippen LogP) is 2.43. The Bertz CT molecular complexity index is 366. The summed E-state index contributed by atoms with van der Waals surface area (Å²) in [6.45, 7) is 3.83. The van der Waals surface area contributed by atoms with Crippen LogP contribution in [0.1, 0.15) is 18.9 Å². The first-order chi connectivity index (χ1) is 7.04. The van der Waals surface area contributed by atoms with Gasteiger partial charge in [-0.1, -0.05) is 28.9 Å². The van der Waals surface area contributed by atoms with Gasteiger partial charge in [0.15, 0.2) is 0 Å². The number of hydrogen-bond donors (Lipinski definition) is 2. The summed E-state index contributed by atoms with van der Waals surface area (Å²) in [5, 5.41) is 2.81. The number of aryl methyl sites for hydroxylation is 1. The van der Waals surface area contributed by atoms with Crippen molar-refractivity contribution in [1.82, 2.24) is 0 Å². The summed E-state index contributed by atoms with van der Waals surface area (Å²) in [7, 11) is 0. The fourth-order valence-electron chi connectivity index (χ4n) is 1.14. The van der Waals surface area contributed by atoms with E-state index in [9.17, 15) is 4.79 Å². The van der Waals surface area contributed by atoms with Gasteiger partial charge in [0, 0.05) is 10.2 Å². The molecule has 1 amide bonds. The summed E-state index contributed by atoms with van der Waals surface area (Å²) in [4.78, 5) is 11.6. The lowest BCUT2D eigenvalue weighted by molar-refractivity contribution is -0.117. The lowest BCUT2D eigenvalue weighted by atomic mass is 10.2. The van der Waals surface area contributed by atoms with E-state index >= 15 is 0 Å². The number of hydrogen-bond acceptors (Lipinski definition) is 2. The molecule has 0 saturated heterocycles. The van der Waals surface area contributed by atoms with Gasteiger partial charge in [-0.2, -0.15) is 0 Å². The molecule has 82 valence electrons. The topological polar surface area (TPSA) is 55.1 Å². The van der Waals surface area contributed by atoms with Crippen LogP contribution in [0.2, 0.25) is 0 Å². The van der Waals surface area contributed by atoms with Crippen LogP contribution in [0.3, 0.4) is 0 Å². The monoisotopic (exact) mass is 270 g/mol. The number of halogens is 1. The number of carbonyl (C=O) groups is 1. The Kier molecular flexibility index (Phi) is 4.29. The number of nitrogens with two attached hydrogens (primary N) is 1. The highest BCUT2D eigenvalue weighted by atomic mass is 79.9. The van der Waals surface area contributed by atoms with Gasteiger partial charge in [-0.15, -0.1) is 0 Å². The van der Waals surface area contributed by atoms with Crippen LogP contribution in [-0.2, 0) is 4.79 Å². The van der Waals surface area contributed by atoms with E-state index < -0.39 is 6.04 Å². The molecular weight excluding hydrogens is 256 g/mol. The van der Waals surface area contributed by atoms with Gasteiger partial charge in [-0.05, 0) is 31.0 Å². The maximum Gasteiger partial charge on any atom is 0.241 e. The molecule has 0 aliphatic heterocycles. The molecule has 0 heterocycles. The van der Waals surface area contributed by atoms with Gasteiger partial charge in [-0.25, -0.2) is 0 Å². The van der Waals surface area contributed by atoms with Gasteiger partial charge in [-0.3, -0.25) is 4.79 Å². The highest BCUT2D eigenvalue weighted by molar-refractivity contribution is 9.10. The number of rotatable bonds is 3. The Morgan fingerprint density at radius 1 is 1.60 bits per heavy atom. The van der Waals surface area contributed by atoms with Crippen molar-refractivity contribution >= 4 is 27.5 Å². The van der Waals surface area contributed by atoms with Gasteiger partial charge < -0.3 is 11.1 Å². The number of anilines is 1. The molecule has 0 aliphatic rings. The molecule has 0 bridgehead atoms. The van der Waals surface area contributed by atoms with Crippen LogP contribution in [0.25, 0.3) is 0 Å². The number of benzene rings is 1. The second kappa shape index (κ2) is 5.28. The van der Waals surface area contributed by atoms with E-state index in [1.165, 1.54) is 0 Å². The van der Waals surface area contributed by atoms with Gasteiger partial charge >= 0.3 is 0 Å². The summed E-state index contributed by atoms with van der Waals surface area (Å²) in [6, 6.07) is 5.31. The Labute approximate surface area is 98.2 Å². The Balaban J connectivity index is 2.80. The third-order valence-corrected chi connectivity index (χ3v) is 2.73. The summed E-state index contributed by atoms with van der Waals surface area (Å²) in [5.74, 6) is -0.140. The van der Waals surface area contributed by atoms with Crippen molar-refractivity contribution < 1.29 is 4.79 Å². The molecule has 1 aromatic carbocycles. The zero-order valence-electron chi connectivity index (χ0n) is 8.88. The summed E-state index contributed by atoms with van der Waals surface area (Å²) >= 11 is 3.36. The average molecular weight is 271 g/mol. The minimum atomic E-state index is -0.441. The van der Waals surface area contributed by atoms with E-state index in [1.807, 2.05) is 32.0 Å². The highest BCUT2D eigenvalue weighted by Gasteiger charge is 2.11. The lowest BCUT2D eigenvalue weighted by Crippen LogP contribution is -2.34. The molecule has 1 aromatic rings. The lowest BCUT2D eigenvalue weighted by Gasteiger charge is -2.12. The molecule has 3 nitrogen and oxygen atoms in total.